The fourth-order valence-corrected chi connectivity index (χ4v) is 5.03. The van der Waals surface area contributed by atoms with Crippen molar-refractivity contribution < 1.29 is 19.1 Å². The Morgan fingerprint density at radius 1 is 1.06 bits per heavy atom. The number of halogens is 2. The number of ether oxygens (including phenoxy) is 2. The highest BCUT2D eigenvalue weighted by Crippen LogP contribution is 2.40. The first-order valence-electron chi connectivity index (χ1n) is 11.0. The van der Waals surface area contributed by atoms with Gasteiger partial charge in [0.05, 0.1) is 23.1 Å². The Balaban J connectivity index is 1.55. The second-order valence-corrected chi connectivity index (χ2v) is 10.5. The Morgan fingerprint density at radius 2 is 1.80 bits per heavy atom. The fraction of sp³-hybridized carbons (Fsp3) is 0.185. The van der Waals surface area contributed by atoms with E-state index in [4.69, 9.17) is 21.1 Å². The Labute approximate surface area is 227 Å². The molecule has 0 spiro atoms. The van der Waals surface area contributed by atoms with Crippen molar-refractivity contribution in [1.29, 1.82) is 0 Å². The molecule has 0 N–H and O–H groups in total. The smallest absolute Gasteiger partial charge is 0.293 e. The molecule has 1 fully saturated rings. The van der Waals surface area contributed by atoms with Gasteiger partial charge in [0.25, 0.3) is 11.1 Å². The SMILES string of the molecule is CCOc1cc(/C=C2\SC(=O)N(Cc3ccc(I)cc3)C2=O)cc(Cl)c1OCc1ccccc1C. The zero-order valence-electron chi connectivity index (χ0n) is 19.2. The van der Waals surface area contributed by atoms with Crippen LogP contribution in [0.15, 0.2) is 65.6 Å². The lowest BCUT2D eigenvalue weighted by atomic mass is 10.1. The zero-order valence-corrected chi connectivity index (χ0v) is 22.9. The molecule has 2 amide bonds. The third kappa shape index (κ3) is 6.20. The zero-order chi connectivity index (χ0) is 24.9. The highest BCUT2D eigenvalue weighted by Gasteiger charge is 2.35. The summed E-state index contributed by atoms with van der Waals surface area (Å²) in [4.78, 5) is 27.1. The second kappa shape index (κ2) is 11.5. The van der Waals surface area contributed by atoms with E-state index in [9.17, 15) is 9.59 Å². The van der Waals surface area contributed by atoms with Crippen molar-refractivity contribution in [3.63, 3.8) is 0 Å². The number of imide groups is 1. The van der Waals surface area contributed by atoms with E-state index in [1.165, 1.54) is 4.90 Å². The van der Waals surface area contributed by atoms with E-state index in [0.717, 1.165) is 32.0 Å². The van der Waals surface area contributed by atoms with Crippen molar-refractivity contribution in [1.82, 2.24) is 4.90 Å². The summed E-state index contributed by atoms with van der Waals surface area (Å²) in [6, 6.07) is 19.2. The first kappa shape index (κ1) is 25.6. The van der Waals surface area contributed by atoms with Gasteiger partial charge in [-0.15, -0.1) is 0 Å². The van der Waals surface area contributed by atoms with Gasteiger partial charge < -0.3 is 9.47 Å². The van der Waals surface area contributed by atoms with Crippen LogP contribution in [0.25, 0.3) is 6.08 Å². The fourth-order valence-electron chi connectivity index (χ4n) is 3.56. The normalized spacial score (nSPS) is 14.6. The number of rotatable bonds is 8. The Hall–Kier alpha value is -2.49. The quantitative estimate of drug-likeness (QED) is 0.193. The highest BCUT2D eigenvalue weighted by molar-refractivity contribution is 14.1. The standard InChI is InChI=1S/C27H23ClINO4S/c1-3-33-23-13-19(12-22(28)25(23)34-16-20-7-5-4-6-17(20)2)14-24-26(31)30(27(32)35-24)15-18-8-10-21(29)11-9-18/h4-14H,3,15-16H2,1-2H3/b24-14-. The summed E-state index contributed by atoms with van der Waals surface area (Å²) in [5, 5.41) is 0.0722. The Bertz CT molecular complexity index is 1290. The summed E-state index contributed by atoms with van der Waals surface area (Å²) in [6.45, 7) is 4.91. The van der Waals surface area contributed by atoms with Crippen molar-refractivity contribution >= 4 is 63.2 Å². The highest BCUT2D eigenvalue weighted by atomic mass is 127. The van der Waals surface area contributed by atoms with Gasteiger partial charge in [0, 0.05) is 3.57 Å². The molecule has 1 aliphatic heterocycles. The van der Waals surface area contributed by atoms with E-state index in [-0.39, 0.29) is 17.7 Å². The molecule has 3 aromatic carbocycles. The first-order valence-corrected chi connectivity index (χ1v) is 13.3. The molecule has 1 saturated heterocycles. The Morgan fingerprint density at radius 3 is 2.51 bits per heavy atom. The van der Waals surface area contributed by atoms with Crippen LogP contribution >= 0.6 is 46.0 Å². The van der Waals surface area contributed by atoms with Gasteiger partial charge in [0.1, 0.15) is 6.61 Å². The molecule has 0 aromatic heterocycles. The molecule has 0 bridgehead atoms. The maximum atomic E-state index is 13.0. The minimum atomic E-state index is -0.326. The number of hydrogen-bond donors (Lipinski definition) is 0. The number of benzene rings is 3. The van der Waals surface area contributed by atoms with E-state index in [1.807, 2.05) is 62.4 Å². The van der Waals surface area contributed by atoms with Crippen LogP contribution in [0, 0.1) is 10.5 Å². The number of carbonyl (C=O) groups is 2. The van der Waals surface area contributed by atoms with E-state index in [1.54, 1.807) is 18.2 Å². The monoisotopic (exact) mass is 619 g/mol. The molecular weight excluding hydrogens is 597 g/mol. The maximum absolute atomic E-state index is 13.0. The van der Waals surface area contributed by atoms with Gasteiger partial charge in [-0.25, -0.2) is 0 Å². The number of hydrogen-bond acceptors (Lipinski definition) is 5. The molecule has 5 nitrogen and oxygen atoms in total. The second-order valence-electron chi connectivity index (χ2n) is 7.87. The molecule has 4 rings (SSSR count). The van der Waals surface area contributed by atoms with E-state index in [0.29, 0.717) is 40.2 Å². The number of aryl methyl sites for hydroxylation is 1. The molecule has 0 radical (unpaired) electrons. The predicted molar refractivity (Wildman–Crippen MR) is 149 cm³/mol. The predicted octanol–water partition coefficient (Wildman–Crippen LogP) is 7.47. The van der Waals surface area contributed by atoms with E-state index < -0.39 is 0 Å². The molecule has 0 aliphatic carbocycles. The number of thioether (sulfide) groups is 1. The van der Waals surface area contributed by atoms with Crippen LogP contribution in [0.2, 0.25) is 5.02 Å². The lowest BCUT2D eigenvalue weighted by Gasteiger charge is -2.15. The van der Waals surface area contributed by atoms with Crippen LogP contribution in [-0.2, 0) is 17.9 Å². The van der Waals surface area contributed by atoms with Crippen molar-refractivity contribution in [3.05, 3.63) is 96.4 Å². The molecule has 35 heavy (non-hydrogen) atoms. The third-order valence-corrected chi connectivity index (χ3v) is 7.30. The minimum absolute atomic E-state index is 0.232. The van der Waals surface area contributed by atoms with Crippen LogP contribution in [-0.4, -0.2) is 22.7 Å². The van der Waals surface area contributed by atoms with E-state index >= 15 is 0 Å². The molecule has 0 unspecified atom stereocenters. The molecule has 1 aliphatic rings. The summed E-state index contributed by atoms with van der Waals surface area (Å²) in [5.74, 6) is 0.603. The summed E-state index contributed by atoms with van der Waals surface area (Å²) in [5.41, 5.74) is 3.73. The summed E-state index contributed by atoms with van der Waals surface area (Å²) in [7, 11) is 0. The van der Waals surface area contributed by atoms with Crippen molar-refractivity contribution in [2.45, 2.75) is 27.0 Å². The first-order chi connectivity index (χ1) is 16.9. The molecule has 1 heterocycles. The van der Waals surface area contributed by atoms with Gasteiger partial charge >= 0.3 is 0 Å². The summed E-state index contributed by atoms with van der Waals surface area (Å²) >= 11 is 9.71. The average molecular weight is 620 g/mol. The van der Waals surface area contributed by atoms with Gasteiger partial charge in [0.15, 0.2) is 11.5 Å². The third-order valence-electron chi connectivity index (χ3n) is 5.39. The topological polar surface area (TPSA) is 55.8 Å². The van der Waals surface area contributed by atoms with Gasteiger partial charge in [0.2, 0.25) is 0 Å². The van der Waals surface area contributed by atoms with Crippen molar-refractivity contribution in [3.8, 4) is 11.5 Å². The lowest BCUT2D eigenvalue weighted by Crippen LogP contribution is -2.27. The Kier molecular flexibility index (Phi) is 8.41. The number of carbonyl (C=O) groups excluding carboxylic acids is 2. The average Bonchev–Trinajstić information content (AvgIpc) is 3.08. The van der Waals surface area contributed by atoms with Crippen molar-refractivity contribution in [2.75, 3.05) is 6.61 Å². The number of amides is 2. The largest absolute Gasteiger partial charge is 0.490 e. The van der Waals surface area contributed by atoms with Crippen LogP contribution < -0.4 is 9.47 Å². The summed E-state index contributed by atoms with van der Waals surface area (Å²) in [6.07, 6.45) is 1.67. The van der Waals surface area contributed by atoms with Crippen LogP contribution in [0.5, 0.6) is 11.5 Å². The molecular formula is C27H23ClINO4S. The van der Waals surface area contributed by atoms with E-state index in [2.05, 4.69) is 22.6 Å². The summed E-state index contributed by atoms with van der Waals surface area (Å²) < 4.78 is 12.9. The molecule has 180 valence electrons. The van der Waals surface area contributed by atoms with Gasteiger partial charge in [-0.2, -0.15) is 0 Å². The van der Waals surface area contributed by atoms with Gasteiger partial charge in [-0.1, -0.05) is 48.0 Å². The maximum Gasteiger partial charge on any atom is 0.293 e. The molecule has 8 heteroatoms. The van der Waals surface area contributed by atoms with Gasteiger partial charge in [-0.05, 0) is 101 Å². The van der Waals surface area contributed by atoms with Crippen LogP contribution in [0.3, 0.4) is 0 Å². The van der Waals surface area contributed by atoms with Gasteiger partial charge in [-0.3, -0.25) is 14.5 Å². The molecule has 0 saturated carbocycles. The minimum Gasteiger partial charge on any atom is -0.490 e. The van der Waals surface area contributed by atoms with Crippen molar-refractivity contribution in [2.24, 2.45) is 0 Å². The van der Waals surface area contributed by atoms with Crippen LogP contribution in [0.1, 0.15) is 29.2 Å². The van der Waals surface area contributed by atoms with Crippen LogP contribution in [0.4, 0.5) is 4.79 Å². The molecule has 3 aromatic rings. The molecule has 0 atom stereocenters. The number of nitrogens with zero attached hydrogens (tertiary/aromatic N) is 1. The lowest BCUT2D eigenvalue weighted by molar-refractivity contribution is -0.123.